The van der Waals surface area contributed by atoms with Crippen molar-refractivity contribution < 1.29 is 9.18 Å². The molecule has 7 nitrogen and oxygen atoms in total. The van der Waals surface area contributed by atoms with Gasteiger partial charge in [0, 0.05) is 62.8 Å². The first kappa shape index (κ1) is 26.0. The number of nitrogens with zero attached hydrogens (tertiary/aromatic N) is 4. The molecule has 9 heteroatoms. The molecule has 0 saturated carbocycles. The van der Waals surface area contributed by atoms with Gasteiger partial charge in [0.2, 0.25) is 0 Å². The number of carbonyl (C=O) groups excluding carboxylic acids is 1. The van der Waals surface area contributed by atoms with Crippen molar-refractivity contribution in [2.45, 2.75) is 12.5 Å². The number of hydrogen-bond acceptors (Lipinski definition) is 6. The molecule has 0 radical (unpaired) electrons. The Morgan fingerprint density at radius 1 is 1.03 bits per heavy atom. The molecule has 1 amide bonds. The summed E-state index contributed by atoms with van der Waals surface area (Å²) in [6, 6.07) is 19.1. The molecule has 0 bridgehead atoms. The summed E-state index contributed by atoms with van der Waals surface area (Å²) in [5.74, 6) is -0.827. The number of aromatic nitrogens is 1. The Morgan fingerprint density at radius 2 is 1.76 bits per heavy atom. The molecule has 38 heavy (non-hydrogen) atoms. The highest BCUT2D eigenvalue weighted by atomic mass is 35.5. The molecule has 1 atom stereocenters. The Hall–Kier alpha value is -3.62. The van der Waals surface area contributed by atoms with Gasteiger partial charge in [-0.25, -0.2) is 9.37 Å². The minimum Gasteiger partial charge on any atom is -0.369 e. The number of nitrogens with one attached hydrogen (secondary N) is 2. The fourth-order valence-electron chi connectivity index (χ4n) is 4.82. The Bertz CT molecular complexity index is 1280. The second-order valence-corrected chi connectivity index (χ2v) is 10.2. The Kier molecular flexibility index (Phi) is 8.10. The molecule has 2 aliphatic rings. The topological polar surface area (TPSA) is 63.7 Å². The number of pyridine rings is 1. The van der Waals surface area contributed by atoms with Crippen molar-refractivity contribution in [1.82, 2.24) is 15.2 Å². The van der Waals surface area contributed by atoms with Crippen LogP contribution in [0.2, 0.25) is 5.02 Å². The van der Waals surface area contributed by atoms with E-state index >= 15 is 0 Å². The Morgan fingerprint density at radius 3 is 2.50 bits per heavy atom. The van der Waals surface area contributed by atoms with Gasteiger partial charge in [-0.2, -0.15) is 0 Å². The number of halogens is 2. The third-order valence-electron chi connectivity index (χ3n) is 7.02. The summed E-state index contributed by atoms with van der Waals surface area (Å²) in [5, 5.41) is 6.70. The average molecular weight is 535 g/mol. The summed E-state index contributed by atoms with van der Waals surface area (Å²) in [6.07, 6.45) is 3.57. The lowest BCUT2D eigenvalue weighted by Crippen LogP contribution is -2.44. The molecule has 2 N–H and O–H groups in total. The van der Waals surface area contributed by atoms with E-state index in [2.05, 4.69) is 61.6 Å². The number of benzene rings is 2. The van der Waals surface area contributed by atoms with E-state index in [1.807, 2.05) is 12.1 Å². The van der Waals surface area contributed by atoms with E-state index in [4.69, 9.17) is 11.6 Å². The summed E-state index contributed by atoms with van der Waals surface area (Å²) in [4.78, 5) is 23.7. The van der Waals surface area contributed by atoms with Crippen LogP contribution in [0.1, 0.15) is 12.0 Å². The van der Waals surface area contributed by atoms with Crippen LogP contribution in [0.3, 0.4) is 0 Å². The minimum atomic E-state index is -0.804. The molecule has 3 aromatic rings. The van der Waals surface area contributed by atoms with E-state index in [1.54, 1.807) is 30.5 Å². The third kappa shape index (κ3) is 6.44. The van der Waals surface area contributed by atoms with Crippen LogP contribution in [0, 0.1) is 0 Å². The van der Waals surface area contributed by atoms with Gasteiger partial charge in [-0.1, -0.05) is 41.9 Å². The predicted molar refractivity (Wildman–Crippen MR) is 153 cm³/mol. The number of hydrogen-bond donors (Lipinski definition) is 2. The second kappa shape index (κ2) is 11.8. The molecule has 2 fully saturated rings. The van der Waals surface area contributed by atoms with Crippen LogP contribution in [-0.2, 0) is 4.79 Å². The van der Waals surface area contributed by atoms with Crippen LogP contribution in [-0.4, -0.2) is 68.1 Å². The van der Waals surface area contributed by atoms with Crippen LogP contribution in [0.4, 0.5) is 27.3 Å². The molecule has 2 aromatic carbocycles. The van der Waals surface area contributed by atoms with Crippen molar-refractivity contribution in [3.63, 3.8) is 0 Å². The molecule has 198 valence electrons. The van der Waals surface area contributed by atoms with Crippen molar-refractivity contribution in [2.24, 2.45) is 0 Å². The normalized spacial score (nSPS) is 18.5. The lowest BCUT2D eigenvalue weighted by atomic mass is 10.2. The fraction of sp³-hybridized carbons (Fsp3) is 0.310. The van der Waals surface area contributed by atoms with E-state index < -0.39 is 11.7 Å². The smallest absolute Gasteiger partial charge is 0.280 e. The first-order valence-electron chi connectivity index (χ1n) is 12.9. The number of likely N-dealkylation sites (N-methyl/N-ethyl adjacent to an activating group) is 1. The van der Waals surface area contributed by atoms with Crippen LogP contribution < -0.4 is 20.4 Å². The summed E-state index contributed by atoms with van der Waals surface area (Å²) >= 11 is 6.49. The maximum absolute atomic E-state index is 14.4. The molecule has 0 aliphatic carbocycles. The third-order valence-corrected chi connectivity index (χ3v) is 7.31. The van der Waals surface area contributed by atoms with Gasteiger partial charge in [0.05, 0.1) is 16.9 Å². The van der Waals surface area contributed by atoms with Crippen LogP contribution in [0.5, 0.6) is 0 Å². The van der Waals surface area contributed by atoms with E-state index in [0.717, 1.165) is 37.6 Å². The zero-order valence-corrected chi connectivity index (χ0v) is 22.2. The summed E-state index contributed by atoms with van der Waals surface area (Å²) < 4.78 is 14.4. The highest BCUT2D eigenvalue weighted by Crippen LogP contribution is 2.31. The summed E-state index contributed by atoms with van der Waals surface area (Å²) in [7, 11) is 2.15. The van der Waals surface area contributed by atoms with Crippen molar-refractivity contribution in [1.29, 1.82) is 0 Å². The van der Waals surface area contributed by atoms with E-state index in [-0.39, 0.29) is 6.04 Å². The van der Waals surface area contributed by atoms with Gasteiger partial charge < -0.3 is 25.3 Å². The zero-order chi connectivity index (χ0) is 26.5. The number of amides is 1. The van der Waals surface area contributed by atoms with Gasteiger partial charge in [0.1, 0.15) is 5.82 Å². The largest absolute Gasteiger partial charge is 0.369 e. The first-order chi connectivity index (χ1) is 18.4. The van der Waals surface area contributed by atoms with Crippen molar-refractivity contribution >= 4 is 46.5 Å². The van der Waals surface area contributed by atoms with Crippen molar-refractivity contribution in [3.8, 4) is 0 Å². The average Bonchev–Trinajstić information content (AvgIpc) is 3.39. The van der Waals surface area contributed by atoms with Gasteiger partial charge in [0.25, 0.3) is 5.91 Å². The van der Waals surface area contributed by atoms with Gasteiger partial charge in [-0.05, 0) is 49.4 Å². The zero-order valence-electron chi connectivity index (χ0n) is 21.4. The SMILES string of the molecule is CN1CCN(c2ccc(Nc3cc(N4CC[C@@H](NC(=O)/C(F)=C/c5ccccc5)C4)c(Cl)cn3)cc2)CC1. The number of rotatable bonds is 7. The standard InChI is InChI=1S/C29H32ClFN6O/c1-35-13-15-36(16-14-35)24-9-7-22(8-10-24)33-28-18-27(25(30)19-32-28)37-12-11-23(20-37)34-29(38)26(31)17-21-5-3-2-4-6-21/h2-10,17-19,23H,11-16,20H2,1H3,(H,32,33)(H,34,38)/b26-17-/t23-/m1/s1. The van der Waals surface area contributed by atoms with Gasteiger partial charge in [0.15, 0.2) is 5.83 Å². The molecule has 3 heterocycles. The summed E-state index contributed by atoms with van der Waals surface area (Å²) in [5.41, 5.74) is 3.63. The van der Waals surface area contributed by atoms with E-state index in [0.29, 0.717) is 35.9 Å². The number of piperazine rings is 1. The predicted octanol–water partition coefficient (Wildman–Crippen LogP) is 4.94. The van der Waals surface area contributed by atoms with E-state index in [9.17, 15) is 9.18 Å². The molecular weight excluding hydrogens is 503 g/mol. The molecule has 1 aromatic heterocycles. The monoisotopic (exact) mass is 534 g/mol. The van der Waals surface area contributed by atoms with Crippen LogP contribution >= 0.6 is 11.6 Å². The summed E-state index contributed by atoms with van der Waals surface area (Å²) in [6.45, 7) is 5.41. The molecule has 2 saturated heterocycles. The van der Waals surface area contributed by atoms with E-state index in [1.165, 1.54) is 11.8 Å². The highest BCUT2D eigenvalue weighted by molar-refractivity contribution is 6.33. The quantitative estimate of drug-likeness (QED) is 0.419. The van der Waals surface area contributed by atoms with Crippen molar-refractivity contribution in [3.05, 3.63) is 83.3 Å². The lowest BCUT2D eigenvalue weighted by molar-refractivity contribution is -0.119. The Balaban J connectivity index is 1.19. The highest BCUT2D eigenvalue weighted by Gasteiger charge is 2.27. The Labute approximate surface area is 227 Å². The lowest BCUT2D eigenvalue weighted by Gasteiger charge is -2.34. The minimum absolute atomic E-state index is 0.180. The maximum atomic E-state index is 14.4. The maximum Gasteiger partial charge on any atom is 0.280 e. The molecule has 5 rings (SSSR count). The number of anilines is 4. The first-order valence-corrected chi connectivity index (χ1v) is 13.3. The van der Waals surface area contributed by atoms with Gasteiger partial charge >= 0.3 is 0 Å². The van der Waals surface area contributed by atoms with Gasteiger partial charge in [-0.15, -0.1) is 0 Å². The van der Waals surface area contributed by atoms with Crippen molar-refractivity contribution in [2.75, 3.05) is 61.4 Å². The molecule has 0 unspecified atom stereocenters. The molecule has 0 spiro atoms. The van der Waals surface area contributed by atoms with Gasteiger partial charge in [-0.3, -0.25) is 4.79 Å². The molecule has 2 aliphatic heterocycles. The van der Waals surface area contributed by atoms with Crippen LogP contribution in [0.25, 0.3) is 6.08 Å². The van der Waals surface area contributed by atoms with Crippen LogP contribution in [0.15, 0.2) is 72.7 Å². The number of carbonyl (C=O) groups is 1. The fourth-order valence-corrected chi connectivity index (χ4v) is 5.04. The second-order valence-electron chi connectivity index (χ2n) is 9.79. The molecular formula is C29H32ClFN6O.